The number of hydrogen-bond donors (Lipinski definition) is 1. The molecule has 0 atom stereocenters. The molecule has 0 saturated heterocycles. The van der Waals surface area contributed by atoms with Crippen LogP contribution >= 0.6 is 7.92 Å². The summed E-state index contributed by atoms with van der Waals surface area (Å²) in [6, 6.07) is 19.7. The van der Waals surface area contributed by atoms with Crippen LogP contribution < -0.4 is 5.30 Å². The molecular weight excluding hydrogens is 563 g/mol. The number of halogens is 3. The van der Waals surface area contributed by atoms with Gasteiger partial charge >= 0.3 is 15.6 Å². The van der Waals surface area contributed by atoms with Gasteiger partial charge in [-0.2, -0.15) is 21.6 Å². The Labute approximate surface area is 212 Å². The van der Waals surface area contributed by atoms with E-state index in [4.69, 9.17) is 13.0 Å². The van der Waals surface area contributed by atoms with Crippen LogP contribution in [0, 0.1) is 0 Å². The second kappa shape index (κ2) is 13.8. The Morgan fingerprint density at radius 2 is 1.18 bits per heavy atom. The second-order valence-corrected chi connectivity index (χ2v) is 14.1. The molecule has 0 fully saturated rings. The summed E-state index contributed by atoms with van der Waals surface area (Å²) in [6.45, 7) is 19.5. The van der Waals surface area contributed by atoms with E-state index < -0.39 is 15.6 Å². The minimum atomic E-state index is -5.84. The molecule has 2 rings (SSSR count). The van der Waals surface area contributed by atoms with E-state index in [9.17, 15) is 13.2 Å². The van der Waals surface area contributed by atoms with Crippen molar-refractivity contribution < 1.29 is 46.6 Å². The monoisotopic (exact) mass is 596 g/mol. The van der Waals surface area contributed by atoms with Crippen molar-refractivity contribution in [3.05, 3.63) is 67.3 Å². The summed E-state index contributed by atoms with van der Waals surface area (Å²) >= 11 is 0. The molecule has 0 saturated carbocycles. The number of allylic oxidation sites excluding steroid dienone is 1. The predicted octanol–water partition coefficient (Wildman–Crippen LogP) is 7.64. The van der Waals surface area contributed by atoms with Crippen LogP contribution in [0.5, 0.6) is 0 Å². The van der Waals surface area contributed by atoms with Crippen LogP contribution in [0.4, 0.5) is 13.2 Å². The predicted molar refractivity (Wildman–Crippen MR) is 131 cm³/mol. The first-order valence-electron chi connectivity index (χ1n) is 9.93. The van der Waals surface area contributed by atoms with E-state index in [1.54, 1.807) is 6.08 Å². The Balaban J connectivity index is 0. The van der Waals surface area contributed by atoms with Crippen molar-refractivity contribution in [1.82, 2.24) is 0 Å². The third-order valence-corrected chi connectivity index (χ3v) is 8.00. The Bertz CT molecular complexity index is 935. The topological polar surface area (TPSA) is 54.4 Å². The maximum absolute atomic E-state index is 10.7. The van der Waals surface area contributed by atoms with Gasteiger partial charge in [0, 0.05) is 20.4 Å². The van der Waals surface area contributed by atoms with Gasteiger partial charge in [0.2, 0.25) is 0 Å². The van der Waals surface area contributed by atoms with E-state index in [0.29, 0.717) is 10.3 Å². The van der Waals surface area contributed by atoms with Gasteiger partial charge in [0.05, 0.1) is 0 Å². The molecule has 0 aliphatic carbocycles. The van der Waals surface area contributed by atoms with Crippen molar-refractivity contribution in [2.24, 2.45) is 0 Å². The molecule has 33 heavy (non-hydrogen) atoms. The molecule has 0 amide bonds. The van der Waals surface area contributed by atoms with Crippen molar-refractivity contribution in [3.8, 4) is 11.1 Å². The summed E-state index contributed by atoms with van der Waals surface area (Å²) in [5, 5.41) is 2.11. The maximum Gasteiger partial charge on any atom is 0.522 e. The zero-order chi connectivity index (χ0) is 25.4. The zero-order valence-corrected chi connectivity index (χ0v) is 23.3. The summed E-state index contributed by atoms with van der Waals surface area (Å²) in [6.07, 6.45) is 1.75. The van der Waals surface area contributed by atoms with E-state index in [0.717, 1.165) is 0 Å². The molecule has 2 aromatic rings. The van der Waals surface area contributed by atoms with Gasteiger partial charge in [-0.1, -0.05) is 110 Å². The number of alkyl halides is 3. The summed E-state index contributed by atoms with van der Waals surface area (Å²) in [4.78, 5) is 0. The Kier molecular flexibility index (Phi) is 14.2. The smallest absolute Gasteiger partial charge is 0.279 e. The minimum absolute atomic E-state index is 0. The van der Waals surface area contributed by atoms with E-state index >= 15 is 0 Å². The van der Waals surface area contributed by atoms with Crippen molar-refractivity contribution in [2.75, 3.05) is 0 Å². The molecule has 0 heterocycles. The summed E-state index contributed by atoms with van der Waals surface area (Å²) in [5.74, 6) is 0. The van der Waals surface area contributed by atoms with Crippen LogP contribution in [-0.2, 0) is 30.5 Å². The third-order valence-electron chi connectivity index (χ3n) is 3.86. The van der Waals surface area contributed by atoms with Crippen molar-refractivity contribution >= 4 is 23.3 Å². The minimum Gasteiger partial charge on any atom is -0.279 e. The van der Waals surface area contributed by atoms with Crippen LogP contribution in [-0.4, -0.2) is 28.8 Å². The molecule has 190 valence electrons. The number of benzene rings is 2. The van der Waals surface area contributed by atoms with Crippen LogP contribution in [0.25, 0.3) is 11.1 Å². The Morgan fingerprint density at radius 1 is 0.848 bits per heavy atom. The molecule has 0 unspecified atom stereocenters. The van der Waals surface area contributed by atoms with Gasteiger partial charge in [-0.15, -0.1) is 6.58 Å². The normalized spacial score (nSPS) is 11.9. The number of rotatable bonds is 2. The van der Waals surface area contributed by atoms with Gasteiger partial charge in [0.1, 0.15) is 0 Å². The standard InChI is InChI=1S/C20H27P.C3H6.CHF3O3S.Pd/c1-19(2,3)21(20(4,5)6)18-15-11-10-14-17(18)16-12-8-7-9-13-16;1-3-2;2-1(3,4)8(5,6)7;/h7-15H,1-6H3;3H,1H2,2H3;(H,5,6,7);. The first-order valence-corrected chi connectivity index (χ1v) is 12.7. The second-order valence-electron chi connectivity index (χ2n) is 8.89. The van der Waals surface area contributed by atoms with Gasteiger partial charge < -0.3 is 0 Å². The first kappa shape index (κ1) is 34.1. The molecule has 2 aromatic carbocycles. The molecule has 3 nitrogen and oxygen atoms in total. The first-order chi connectivity index (χ1) is 14.4. The molecular formula is C24H34F3O3PPdS. The van der Waals surface area contributed by atoms with E-state index in [1.807, 2.05) is 6.92 Å². The van der Waals surface area contributed by atoms with Crippen molar-refractivity contribution in [2.45, 2.75) is 64.3 Å². The quantitative estimate of drug-likeness (QED) is 0.127. The zero-order valence-electron chi connectivity index (χ0n) is 20.0. The fourth-order valence-electron chi connectivity index (χ4n) is 3.26. The van der Waals surface area contributed by atoms with Crippen LogP contribution in [0.1, 0.15) is 48.5 Å². The van der Waals surface area contributed by atoms with Crippen molar-refractivity contribution in [1.29, 1.82) is 0 Å². The number of hydrogen-bond acceptors (Lipinski definition) is 2. The molecule has 0 bridgehead atoms. The fourth-order valence-corrected chi connectivity index (χ4v) is 7.40. The Hall–Kier alpha value is -1.03. The van der Waals surface area contributed by atoms with Crippen LogP contribution in [0.15, 0.2) is 67.3 Å². The molecule has 9 heteroatoms. The summed E-state index contributed by atoms with van der Waals surface area (Å²) < 4.78 is 57.5. The van der Waals surface area contributed by atoms with E-state index in [-0.39, 0.29) is 28.3 Å². The molecule has 0 aliphatic heterocycles. The summed E-state index contributed by atoms with van der Waals surface area (Å²) in [5.41, 5.74) is -2.81. The average Bonchev–Trinajstić information content (AvgIpc) is 2.60. The molecule has 0 aromatic heterocycles. The average molecular weight is 597 g/mol. The van der Waals surface area contributed by atoms with Gasteiger partial charge in [0.25, 0.3) is 0 Å². The fraction of sp³-hybridized carbons (Fsp3) is 0.417. The molecule has 0 radical (unpaired) electrons. The molecule has 1 N–H and O–H groups in total. The largest absolute Gasteiger partial charge is 0.522 e. The molecule has 0 aliphatic rings. The molecule has 0 spiro atoms. The Morgan fingerprint density at radius 3 is 1.52 bits per heavy atom. The van der Waals surface area contributed by atoms with Crippen LogP contribution in [0.3, 0.4) is 0 Å². The SMILES string of the molecule is C=CC.CC(C)(C)P(c1ccccc1-c1ccccc1)C(C)(C)C.O=S(=O)(O)C(F)(F)F.[Pd]. The maximum atomic E-state index is 10.7. The van der Waals surface area contributed by atoms with Gasteiger partial charge in [-0.25, -0.2) is 0 Å². The summed E-state index contributed by atoms with van der Waals surface area (Å²) in [7, 11) is -6.12. The van der Waals surface area contributed by atoms with Gasteiger partial charge in [-0.05, 0) is 33.7 Å². The van der Waals surface area contributed by atoms with E-state index in [2.05, 4.69) is 103 Å². The third kappa shape index (κ3) is 11.8. The van der Waals surface area contributed by atoms with Crippen LogP contribution in [0.2, 0.25) is 0 Å². The van der Waals surface area contributed by atoms with Crippen molar-refractivity contribution in [3.63, 3.8) is 0 Å². The van der Waals surface area contributed by atoms with Gasteiger partial charge in [0.15, 0.2) is 0 Å². The van der Waals surface area contributed by atoms with Gasteiger partial charge in [-0.3, -0.25) is 4.55 Å². The van der Waals surface area contributed by atoms with E-state index in [1.165, 1.54) is 16.4 Å².